The lowest BCUT2D eigenvalue weighted by Crippen LogP contribution is -2.52. The molecule has 2 heterocycles. The number of hydrogen-bond acceptors (Lipinski definition) is 3. The van der Waals surface area contributed by atoms with Crippen LogP contribution in [0.3, 0.4) is 0 Å². The number of anilines is 1. The largest absolute Gasteiger partial charge is 0.389 e. The molecule has 1 N–H and O–H groups in total. The number of benzene rings is 1. The van der Waals surface area contributed by atoms with Crippen molar-refractivity contribution in [3.8, 4) is 0 Å². The van der Waals surface area contributed by atoms with Crippen LogP contribution in [0.1, 0.15) is 37.9 Å². The molecule has 1 aromatic rings. The van der Waals surface area contributed by atoms with E-state index in [1.807, 2.05) is 6.92 Å². The van der Waals surface area contributed by atoms with Crippen molar-refractivity contribution in [1.82, 2.24) is 4.90 Å². The van der Waals surface area contributed by atoms with Gasteiger partial charge in [-0.05, 0) is 63.9 Å². The van der Waals surface area contributed by atoms with Gasteiger partial charge in [-0.1, -0.05) is 15.9 Å². The Bertz CT molecular complexity index is 506. The third-order valence-corrected chi connectivity index (χ3v) is 5.62. The molecule has 0 bridgehead atoms. The first-order chi connectivity index (χ1) is 10.1. The van der Waals surface area contributed by atoms with Crippen molar-refractivity contribution in [2.75, 3.05) is 31.6 Å². The molecule has 2 saturated heterocycles. The molecule has 0 amide bonds. The minimum absolute atomic E-state index is 0.427. The van der Waals surface area contributed by atoms with Gasteiger partial charge < -0.3 is 14.9 Å². The second-order valence-corrected chi connectivity index (χ2v) is 7.48. The van der Waals surface area contributed by atoms with Crippen molar-refractivity contribution in [2.24, 2.45) is 5.92 Å². The van der Waals surface area contributed by atoms with Crippen molar-refractivity contribution < 1.29 is 5.11 Å². The van der Waals surface area contributed by atoms with Crippen LogP contribution in [0.2, 0.25) is 0 Å². The Labute approximate surface area is 136 Å². The first kappa shape index (κ1) is 15.3. The molecule has 3 atom stereocenters. The zero-order chi connectivity index (χ0) is 15.0. The van der Waals surface area contributed by atoms with Crippen molar-refractivity contribution in [1.29, 1.82) is 0 Å². The molecule has 4 heteroatoms. The van der Waals surface area contributed by atoms with Gasteiger partial charge >= 0.3 is 0 Å². The molecule has 0 aliphatic carbocycles. The summed E-state index contributed by atoms with van der Waals surface area (Å²) < 4.78 is 1.04. The summed E-state index contributed by atoms with van der Waals surface area (Å²) in [6, 6.07) is 7.04. The molecule has 0 saturated carbocycles. The average Bonchev–Trinajstić information content (AvgIpc) is 2.47. The molecule has 0 aromatic heterocycles. The van der Waals surface area contributed by atoms with E-state index >= 15 is 0 Å². The van der Waals surface area contributed by atoms with E-state index in [-0.39, 0.29) is 0 Å². The summed E-state index contributed by atoms with van der Waals surface area (Å²) in [5, 5.41) is 10.1. The van der Waals surface area contributed by atoms with E-state index in [0.717, 1.165) is 35.1 Å². The number of aliphatic hydroxyl groups is 1. The Morgan fingerprint density at radius 3 is 2.86 bits per heavy atom. The summed E-state index contributed by atoms with van der Waals surface area (Å²) in [4.78, 5) is 5.03. The fourth-order valence-corrected chi connectivity index (χ4v) is 4.40. The van der Waals surface area contributed by atoms with E-state index in [4.69, 9.17) is 0 Å². The molecule has 3 nitrogen and oxygen atoms in total. The molecule has 3 unspecified atom stereocenters. The van der Waals surface area contributed by atoms with Crippen LogP contribution >= 0.6 is 15.9 Å². The van der Waals surface area contributed by atoms with Gasteiger partial charge in [0.05, 0.1) is 6.10 Å². The Balaban J connectivity index is 1.82. The van der Waals surface area contributed by atoms with Gasteiger partial charge in [0.25, 0.3) is 0 Å². The monoisotopic (exact) mass is 352 g/mol. The zero-order valence-electron chi connectivity index (χ0n) is 12.9. The van der Waals surface area contributed by atoms with E-state index in [1.165, 1.54) is 31.5 Å². The maximum atomic E-state index is 10.1. The number of hydrogen-bond donors (Lipinski definition) is 1. The molecular formula is C17H25BrN2O. The van der Waals surface area contributed by atoms with Crippen LogP contribution < -0.4 is 4.90 Å². The highest BCUT2D eigenvalue weighted by Gasteiger charge is 2.34. The summed E-state index contributed by atoms with van der Waals surface area (Å²) >= 11 is 3.52. The Hall–Kier alpha value is -0.580. The lowest BCUT2D eigenvalue weighted by molar-refractivity contribution is 0.102. The Kier molecular flexibility index (Phi) is 4.57. The van der Waals surface area contributed by atoms with E-state index in [0.29, 0.717) is 0 Å². The average molecular weight is 353 g/mol. The number of rotatable bonds is 2. The maximum Gasteiger partial charge on any atom is 0.0782 e. The summed E-state index contributed by atoms with van der Waals surface area (Å²) in [7, 11) is 2.27. The minimum atomic E-state index is -0.427. The van der Waals surface area contributed by atoms with E-state index in [1.54, 1.807) is 0 Å². The smallest absolute Gasteiger partial charge is 0.0782 e. The molecule has 0 spiro atoms. The maximum absolute atomic E-state index is 10.1. The van der Waals surface area contributed by atoms with Crippen molar-refractivity contribution >= 4 is 21.6 Å². The van der Waals surface area contributed by atoms with Crippen molar-refractivity contribution in [3.63, 3.8) is 0 Å². The van der Waals surface area contributed by atoms with Gasteiger partial charge in [-0.15, -0.1) is 0 Å². The number of fused-ring (bicyclic) bond motifs is 1. The molecule has 0 radical (unpaired) electrons. The van der Waals surface area contributed by atoms with Crippen LogP contribution in [-0.2, 0) is 0 Å². The van der Waals surface area contributed by atoms with Gasteiger partial charge in [0.1, 0.15) is 0 Å². The van der Waals surface area contributed by atoms with Gasteiger partial charge in [0.15, 0.2) is 0 Å². The lowest BCUT2D eigenvalue weighted by Gasteiger charge is -2.47. The second-order valence-electron chi connectivity index (χ2n) is 6.56. The number of piperidine rings is 2. The Morgan fingerprint density at radius 2 is 2.10 bits per heavy atom. The third-order valence-electron chi connectivity index (χ3n) is 5.13. The number of likely N-dealkylation sites (tertiary alicyclic amines) is 1. The lowest BCUT2D eigenvalue weighted by atomic mass is 9.84. The Morgan fingerprint density at radius 1 is 1.29 bits per heavy atom. The molecule has 116 valence electrons. The van der Waals surface area contributed by atoms with Gasteiger partial charge in [0, 0.05) is 34.9 Å². The zero-order valence-corrected chi connectivity index (χ0v) is 14.5. The quantitative estimate of drug-likeness (QED) is 0.883. The predicted molar refractivity (Wildman–Crippen MR) is 90.7 cm³/mol. The van der Waals surface area contributed by atoms with Crippen LogP contribution in [0.5, 0.6) is 0 Å². The fourth-order valence-electron chi connectivity index (χ4n) is 4.02. The third kappa shape index (κ3) is 3.13. The van der Waals surface area contributed by atoms with Crippen molar-refractivity contribution in [2.45, 2.75) is 38.3 Å². The topological polar surface area (TPSA) is 26.7 Å². The molecule has 21 heavy (non-hydrogen) atoms. The van der Waals surface area contributed by atoms with Crippen LogP contribution in [0.25, 0.3) is 0 Å². The van der Waals surface area contributed by atoms with Gasteiger partial charge in [-0.3, -0.25) is 0 Å². The fraction of sp³-hybridized carbons (Fsp3) is 0.647. The number of halogens is 1. The second kappa shape index (κ2) is 6.27. The molecule has 3 rings (SSSR count). The molecule has 1 aromatic carbocycles. The van der Waals surface area contributed by atoms with E-state index in [2.05, 4.69) is 51.0 Å². The summed E-state index contributed by atoms with van der Waals surface area (Å²) in [5.41, 5.74) is 2.24. The highest BCUT2D eigenvalue weighted by atomic mass is 79.9. The van der Waals surface area contributed by atoms with Crippen LogP contribution in [0, 0.1) is 5.92 Å². The highest BCUT2D eigenvalue weighted by molar-refractivity contribution is 9.10. The van der Waals surface area contributed by atoms with Gasteiger partial charge in [-0.2, -0.15) is 0 Å². The van der Waals surface area contributed by atoms with Crippen molar-refractivity contribution in [3.05, 3.63) is 28.2 Å². The standard InChI is InChI=1S/C17H25BrN2O/c1-12(21)15-10-14(18)5-6-17(15)20-9-7-16-13(11-20)4-3-8-19(16)2/h5-6,10,12-13,16,21H,3-4,7-9,11H2,1-2H3. The van der Waals surface area contributed by atoms with Crippen LogP contribution in [-0.4, -0.2) is 42.7 Å². The highest BCUT2D eigenvalue weighted by Crippen LogP contribution is 2.35. The molecule has 2 aliphatic heterocycles. The predicted octanol–water partition coefficient (Wildman–Crippen LogP) is 3.42. The van der Waals surface area contributed by atoms with Gasteiger partial charge in [0.2, 0.25) is 0 Å². The summed E-state index contributed by atoms with van der Waals surface area (Å²) in [5.74, 6) is 0.767. The first-order valence-electron chi connectivity index (χ1n) is 7.99. The van der Waals surface area contributed by atoms with E-state index < -0.39 is 6.10 Å². The SMILES string of the molecule is CC(O)c1cc(Br)ccc1N1CCC2C(CCCN2C)C1. The first-order valence-corrected chi connectivity index (χ1v) is 8.78. The molecule has 2 fully saturated rings. The van der Waals surface area contributed by atoms with E-state index in [9.17, 15) is 5.11 Å². The molecular weight excluding hydrogens is 328 g/mol. The van der Waals surface area contributed by atoms with Crippen LogP contribution in [0.4, 0.5) is 5.69 Å². The summed E-state index contributed by atoms with van der Waals surface area (Å²) in [6.07, 6.45) is 3.46. The number of aliphatic hydroxyl groups excluding tert-OH is 1. The van der Waals surface area contributed by atoms with Gasteiger partial charge in [-0.25, -0.2) is 0 Å². The minimum Gasteiger partial charge on any atom is -0.389 e. The van der Waals surface area contributed by atoms with Crippen LogP contribution in [0.15, 0.2) is 22.7 Å². The summed E-state index contributed by atoms with van der Waals surface area (Å²) in [6.45, 7) is 5.31. The number of nitrogens with zero attached hydrogens (tertiary/aromatic N) is 2. The molecule has 2 aliphatic rings. The normalized spacial score (nSPS) is 28.3.